The van der Waals surface area contributed by atoms with Gasteiger partial charge in [0, 0.05) is 25.2 Å². The Bertz CT molecular complexity index is 677. The van der Waals surface area contributed by atoms with E-state index < -0.39 is 11.7 Å². The average molecular weight is 312 g/mol. The molecule has 0 unspecified atom stereocenters. The highest BCUT2D eigenvalue weighted by Crippen LogP contribution is 2.22. The molecule has 2 aromatic heterocycles. The Labute approximate surface area is 127 Å². The maximum Gasteiger partial charge on any atom is 0.415 e. The monoisotopic (exact) mass is 311 g/mol. The lowest BCUT2D eigenvalue weighted by Crippen LogP contribution is -2.35. The van der Waals surface area contributed by atoms with Gasteiger partial charge < -0.3 is 10.5 Å². The fourth-order valence-electron chi connectivity index (χ4n) is 1.77. The topological polar surface area (TPSA) is 85.8 Å². The van der Waals surface area contributed by atoms with Gasteiger partial charge in [-0.1, -0.05) is 11.6 Å². The molecule has 0 atom stereocenters. The normalized spacial score (nSPS) is 11.7. The summed E-state index contributed by atoms with van der Waals surface area (Å²) in [6, 6.07) is 1.55. The summed E-state index contributed by atoms with van der Waals surface area (Å²) < 4.78 is 6.85. The third-order valence-corrected chi connectivity index (χ3v) is 2.92. The molecule has 2 heterocycles. The first-order valence-corrected chi connectivity index (χ1v) is 6.80. The van der Waals surface area contributed by atoms with Crippen LogP contribution in [0, 0.1) is 0 Å². The lowest BCUT2D eigenvalue weighted by atomic mass is 10.2. The van der Waals surface area contributed by atoms with Crippen LogP contribution < -0.4 is 10.6 Å². The Morgan fingerprint density at radius 1 is 1.52 bits per heavy atom. The number of aromatic nitrogens is 3. The third-order valence-electron chi connectivity index (χ3n) is 2.73. The Hall–Kier alpha value is -1.86. The van der Waals surface area contributed by atoms with E-state index in [-0.39, 0.29) is 11.7 Å². The van der Waals surface area contributed by atoms with E-state index in [4.69, 9.17) is 22.1 Å². The van der Waals surface area contributed by atoms with Gasteiger partial charge in [0.2, 0.25) is 0 Å². The van der Waals surface area contributed by atoms with Crippen molar-refractivity contribution in [2.75, 3.05) is 11.9 Å². The molecule has 2 aromatic rings. The van der Waals surface area contributed by atoms with Crippen LogP contribution in [0.1, 0.15) is 26.3 Å². The Balaban J connectivity index is 2.46. The van der Waals surface area contributed by atoms with Crippen LogP contribution in [-0.4, -0.2) is 33.3 Å². The minimum absolute atomic E-state index is 0.253. The molecule has 0 saturated carbocycles. The van der Waals surface area contributed by atoms with E-state index >= 15 is 0 Å². The molecule has 0 aliphatic carbocycles. The number of carbonyl (C=O) groups excluding carboxylic acids is 1. The number of ether oxygens (including phenoxy) is 1. The van der Waals surface area contributed by atoms with Crippen LogP contribution in [0.5, 0.6) is 0 Å². The van der Waals surface area contributed by atoms with E-state index in [1.165, 1.54) is 9.42 Å². The maximum atomic E-state index is 12.2. The molecule has 8 heteroatoms. The van der Waals surface area contributed by atoms with Crippen LogP contribution in [0.15, 0.2) is 12.3 Å². The molecule has 0 aliphatic heterocycles. The van der Waals surface area contributed by atoms with Crippen molar-refractivity contribution in [3.8, 4) is 0 Å². The lowest BCUT2D eigenvalue weighted by Gasteiger charge is -2.24. The molecule has 0 fully saturated rings. The number of nitrogens with two attached hydrogens (primary N) is 1. The summed E-state index contributed by atoms with van der Waals surface area (Å²) in [6.45, 7) is 5.68. The molecule has 0 bridgehead atoms. The van der Waals surface area contributed by atoms with Crippen molar-refractivity contribution in [3.05, 3.63) is 23.0 Å². The van der Waals surface area contributed by atoms with Crippen molar-refractivity contribution in [1.29, 1.82) is 0 Å². The summed E-state index contributed by atoms with van der Waals surface area (Å²) in [5, 5.41) is 4.45. The standard InChI is InChI=1S/C13H18ClN5O2/c1-13(2,3)21-12(20)18(4)10-5-9(14)17-11-8(6-15)7-16-19(10)11/h5,7H,6,15H2,1-4H3. The lowest BCUT2D eigenvalue weighted by molar-refractivity contribution is 0.0587. The Morgan fingerprint density at radius 2 is 2.19 bits per heavy atom. The number of hydrogen-bond donors (Lipinski definition) is 1. The highest BCUT2D eigenvalue weighted by Gasteiger charge is 2.23. The second kappa shape index (κ2) is 5.50. The largest absolute Gasteiger partial charge is 0.443 e. The second-order valence-corrected chi connectivity index (χ2v) is 5.97. The number of rotatable bonds is 2. The van der Waals surface area contributed by atoms with Gasteiger partial charge in [-0.25, -0.2) is 9.78 Å². The first-order chi connectivity index (χ1) is 9.73. The van der Waals surface area contributed by atoms with Gasteiger partial charge in [-0.3, -0.25) is 4.90 Å². The number of fused-ring (bicyclic) bond motifs is 1. The van der Waals surface area contributed by atoms with Crippen LogP contribution in [0.2, 0.25) is 5.15 Å². The molecule has 1 amide bonds. The van der Waals surface area contributed by atoms with E-state index in [1.807, 2.05) is 0 Å². The van der Waals surface area contributed by atoms with E-state index in [1.54, 1.807) is 40.1 Å². The predicted molar refractivity (Wildman–Crippen MR) is 80.5 cm³/mol. The average Bonchev–Trinajstić information content (AvgIpc) is 2.77. The van der Waals surface area contributed by atoms with Crippen LogP contribution in [0.4, 0.5) is 10.6 Å². The third kappa shape index (κ3) is 3.25. The smallest absolute Gasteiger partial charge is 0.415 e. The number of amides is 1. The summed E-state index contributed by atoms with van der Waals surface area (Å²) >= 11 is 6.02. The summed E-state index contributed by atoms with van der Waals surface area (Å²) in [4.78, 5) is 17.7. The minimum Gasteiger partial charge on any atom is -0.443 e. The summed E-state index contributed by atoms with van der Waals surface area (Å²) in [5.74, 6) is 0.457. The molecule has 0 spiro atoms. The van der Waals surface area contributed by atoms with Crippen molar-refractivity contribution >= 4 is 29.2 Å². The van der Waals surface area contributed by atoms with Crippen molar-refractivity contribution < 1.29 is 9.53 Å². The summed E-state index contributed by atoms with van der Waals surface area (Å²) in [6.07, 6.45) is 1.10. The molecule has 7 nitrogen and oxygen atoms in total. The molecule has 114 valence electrons. The van der Waals surface area contributed by atoms with Crippen LogP contribution in [0.25, 0.3) is 5.65 Å². The van der Waals surface area contributed by atoms with E-state index in [9.17, 15) is 4.79 Å². The highest BCUT2D eigenvalue weighted by molar-refractivity contribution is 6.29. The van der Waals surface area contributed by atoms with Crippen LogP contribution >= 0.6 is 11.6 Å². The number of halogens is 1. The van der Waals surface area contributed by atoms with Crippen LogP contribution in [-0.2, 0) is 11.3 Å². The molecule has 0 aliphatic rings. The van der Waals surface area contributed by atoms with Gasteiger partial charge in [-0.2, -0.15) is 9.61 Å². The van der Waals surface area contributed by atoms with Gasteiger partial charge in [0.1, 0.15) is 16.6 Å². The first-order valence-electron chi connectivity index (χ1n) is 6.43. The summed E-state index contributed by atoms with van der Waals surface area (Å²) in [7, 11) is 1.59. The zero-order chi connectivity index (χ0) is 15.8. The van der Waals surface area contributed by atoms with Gasteiger partial charge in [0.05, 0.1) is 6.20 Å². The SMILES string of the molecule is CN(C(=O)OC(C)(C)C)c1cc(Cl)nc2c(CN)cnn12. The van der Waals surface area contributed by atoms with Gasteiger partial charge in [0.25, 0.3) is 0 Å². The molecule has 0 aromatic carbocycles. The van der Waals surface area contributed by atoms with E-state index in [0.29, 0.717) is 11.5 Å². The number of anilines is 1. The van der Waals surface area contributed by atoms with Crippen LogP contribution in [0.3, 0.4) is 0 Å². The van der Waals surface area contributed by atoms with Gasteiger partial charge in [-0.15, -0.1) is 0 Å². The fraction of sp³-hybridized carbons (Fsp3) is 0.462. The predicted octanol–water partition coefficient (Wildman–Crippen LogP) is 2.21. The van der Waals surface area contributed by atoms with Gasteiger partial charge in [0.15, 0.2) is 5.65 Å². The molecule has 0 saturated heterocycles. The highest BCUT2D eigenvalue weighted by atomic mass is 35.5. The minimum atomic E-state index is -0.589. The molecule has 2 N–H and O–H groups in total. The van der Waals surface area contributed by atoms with E-state index in [2.05, 4.69) is 10.1 Å². The summed E-state index contributed by atoms with van der Waals surface area (Å²) in [5.41, 5.74) is 6.32. The fourth-order valence-corrected chi connectivity index (χ4v) is 1.95. The van der Waals surface area contributed by atoms with Crippen molar-refractivity contribution in [3.63, 3.8) is 0 Å². The number of hydrogen-bond acceptors (Lipinski definition) is 5. The van der Waals surface area contributed by atoms with E-state index in [0.717, 1.165) is 5.56 Å². The van der Waals surface area contributed by atoms with Crippen molar-refractivity contribution in [2.45, 2.75) is 32.9 Å². The first kappa shape index (κ1) is 15.5. The Morgan fingerprint density at radius 3 is 2.76 bits per heavy atom. The molecular weight excluding hydrogens is 294 g/mol. The van der Waals surface area contributed by atoms with Gasteiger partial charge >= 0.3 is 6.09 Å². The second-order valence-electron chi connectivity index (χ2n) is 5.59. The quantitative estimate of drug-likeness (QED) is 0.859. The number of nitrogens with zero attached hydrogens (tertiary/aromatic N) is 4. The molecule has 21 heavy (non-hydrogen) atoms. The Kier molecular flexibility index (Phi) is 4.06. The number of carbonyl (C=O) groups is 1. The zero-order valence-corrected chi connectivity index (χ0v) is 13.2. The van der Waals surface area contributed by atoms with Crippen molar-refractivity contribution in [2.24, 2.45) is 5.73 Å². The molecule has 0 radical (unpaired) electrons. The van der Waals surface area contributed by atoms with Crippen molar-refractivity contribution in [1.82, 2.24) is 14.6 Å². The van der Waals surface area contributed by atoms with Gasteiger partial charge in [-0.05, 0) is 20.8 Å². The maximum absolute atomic E-state index is 12.2. The zero-order valence-electron chi connectivity index (χ0n) is 12.4. The molecule has 2 rings (SSSR count). The molecular formula is C13H18ClN5O2.